The summed E-state index contributed by atoms with van der Waals surface area (Å²) >= 11 is 0. The second-order valence-corrected chi connectivity index (χ2v) is 6.94. The van der Waals surface area contributed by atoms with E-state index in [0.29, 0.717) is 30.9 Å². The Labute approximate surface area is 153 Å². The zero-order valence-corrected chi connectivity index (χ0v) is 14.5. The fourth-order valence-electron chi connectivity index (χ4n) is 3.87. The molecule has 1 aromatic heterocycles. The molecule has 27 heavy (non-hydrogen) atoms. The second kappa shape index (κ2) is 6.63. The van der Waals surface area contributed by atoms with E-state index in [-0.39, 0.29) is 17.3 Å². The average molecular weight is 381 g/mol. The summed E-state index contributed by atoms with van der Waals surface area (Å²) in [5, 5.41) is 3.36. The zero-order chi connectivity index (χ0) is 19.1. The summed E-state index contributed by atoms with van der Waals surface area (Å²) in [6.07, 6.45) is -0.677. The molecule has 0 bridgehead atoms. The van der Waals surface area contributed by atoms with Gasteiger partial charge in [0.25, 0.3) is 5.91 Å². The molecular weight excluding hydrogens is 363 g/mol. The van der Waals surface area contributed by atoms with Crippen LogP contribution >= 0.6 is 0 Å². The third kappa shape index (κ3) is 3.31. The highest BCUT2D eigenvalue weighted by atomic mass is 19.4. The highest BCUT2D eigenvalue weighted by molar-refractivity contribution is 5.95. The molecule has 1 spiro atoms. The highest BCUT2D eigenvalue weighted by Crippen LogP contribution is 2.38. The maximum absolute atomic E-state index is 13.0. The lowest BCUT2D eigenvalue weighted by Crippen LogP contribution is -2.57. The number of carbonyl (C=O) groups excluding carboxylic acids is 1. The average Bonchev–Trinajstić information content (AvgIpc) is 3.32. The summed E-state index contributed by atoms with van der Waals surface area (Å²) in [7, 11) is 0. The highest BCUT2D eigenvalue weighted by Gasteiger charge is 2.44. The number of amides is 1. The van der Waals surface area contributed by atoms with Crippen molar-refractivity contribution in [3.05, 3.63) is 35.7 Å². The molecule has 0 atom stereocenters. The fourth-order valence-corrected chi connectivity index (χ4v) is 3.87. The smallest absolute Gasteiger partial charge is 0.377 e. The van der Waals surface area contributed by atoms with Gasteiger partial charge in [0.15, 0.2) is 0 Å². The Kier molecular flexibility index (Phi) is 4.41. The molecule has 1 amide bonds. The monoisotopic (exact) mass is 381 g/mol. The van der Waals surface area contributed by atoms with Crippen LogP contribution in [-0.2, 0) is 10.9 Å². The van der Waals surface area contributed by atoms with Crippen LogP contribution in [0.3, 0.4) is 0 Å². The van der Waals surface area contributed by atoms with E-state index in [1.165, 1.54) is 12.1 Å². The van der Waals surface area contributed by atoms with Crippen molar-refractivity contribution in [2.45, 2.75) is 37.4 Å². The Morgan fingerprint density at radius 1 is 1.15 bits per heavy atom. The number of rotatable bonds is 2. The van der Waals surface area contributed by atoms with Crippen molar-refractivity contribution >= 4 is 5.91 Å². The minimum Gasteiger partial charge on any atom is -0.377 e. The van der Waals surface area contributed by atoms with Crippen LogP contribution in [0, 0.1) is 0 Å². The molecule has 1 aliphatic carbocycles. The molecule has 1 aliphatic heterocycles. The Bertz CT molecular complexity index is 826. The van der Waals surface area contributed by atoms with E-state index >= 15 is 0 Å². The van der Waals surface area contributed by atoms with Crippen LogP contribution in [-0.4, -0.2) is 46.2 Å². The first kappa shape index (κ1) is 18.0. The van der Waals surface area contributed by atoms with Gasteiger partial charge in [0.05, 0.1) is 18.8 Å². The molecule has 4 rings (SSSR count). The first-order chi connectivity index (χ1) is 12.9. The van der Waals surface area contributed by atoms with Crippen molar-refractivity contribution in [2.75, 3.05) is 19.8 Å². The van der Waals surface area contributed by atoms with E-state index in [2.05, 4.69) is 14.7 Å². The SMILES string of the molecule is O=C(c1ccc(-c2noc(C(F)(F)F)n2)cc1)N1CCOCC12CCCC2. The first-order valence-electron chi connectivity index (χ1n) is 8.80. The van der Waals surface area contributed by atoms with Crippen molar-refractivity contribution in [3.8, 4) is 11.4 Å². The number of ether oxygens (including phenoxy) is 1. The van der Waals surface area contributed by atoms with Gasteiger partial charge in [0, 0.05) is 17.7 Å². The Hall–Kier alpha value is -2.42. The van der Waals surface area contributed by atoms with Crippen LogP contribution in [0.1, 0.15) is 41.9 Å². The van der Waals surface area contributed by atoms with E-state index in [1.807, 2.05) is 4.90 Å². The quantitative estimate of drug-likeness (QED) is 0.796. The lowest BCUT2D eigenvalue weighted by Gasteiger charge is -2.44. The number of nitrogens with zero attached hydrogens (tertiary/aromatic N) is 3. The van der Waals surface area contributed by atoms with Gasteiger partial charge in [0.1, 0.15) is 0 Å². The number of hydrogen-bond donors (Lipinski definition) is 0. The summed E-state index contributed by atoms with van der Waals surface area (Å²) < 4.78 is 47.6. The Morgan fingerprint density at radius 3 is 2.48 bits per heavy atom. The van der Waals surface area contributed by atoms with Gasteiger partial charge in [-0.2, -0.15) is 18.2 Å². The predicted octanol–water partition coefficient (Wildman–Crippen LogP) is 3.54. The molecule has 6 nitrogen and oxygen atoms in total. The van der Waals surface area contributed by atoms with Crippen molar-refractivity contribution in [1.82, 2.24) is 15.0 Å². The molecule has 1 saturated heterocycles. The van der Waals surface area contributed by atoms with E-state index in [0.717, 1.165) is 25.7 Å². The van der Waals surface area contributed by atoms with Crippen molar-refractivity contribution in [3.63, 3.8) is 0 Å². The van der Waals surface area contributed by atoms with Crippen molar-refractivity contribution in [1.29, 1.82) is 0 Å². The van der Waals surface area contributed by atoms with Gasteiger partial charge in [-0.1, -0.05) is 30.1 Å². The lowest BCUT2D eigenvalue weighted by atomic mass is 9.93. The van der Waals surface area contributed by atoms with E-state index < -0.39 is 12.1 Å². The van der Waals surface area contributed by atoms with Crippen LogP contribution in [0.15, 0.2) is 28.8 Å². The van der Waals surface area contributed by atoms with Gasteiger partial charge in [-0.25, -0.2) is 0 Å². The van der Waals surface area contributed by atoms with E-state index in [9.17, 15) is 18.0 Å². The Morgan fingerprint density at radius 2 is 1.85 bits per heavy atom. The molecule has 144 valence electrons. The van der Waals surface area contributed by atoms with Crippen molar-refractivity contribution in [2.24, 2.45) is 0 Å². The number of benzene rings is 1. The van der Waals surface area contributed by atoms with E-state index in [4.69, 9.17) is 4.74 Å². The molecule has 2 fully saturated rings. The summed E-state index contributed by atoms with van der Waals surface area (Å²) in [5.74, 6) is -1.65. The van der Waals surface area contributed by atoms with Crippen LogP contribution in [0.25, 0.3) is 11.4 Å². The lowest BCUT2D eigenvalue weighted by molar-refractivity contribution is -0.159. The number of halogens is 3. The fraction of sp³-hybridized carbons (Fsp3) is 0.500. The van der Waals surface area contributed by atoms with Gasteiger partial charge in [-0.05, 0) is 25.0 Å². The Balaban J connectivity index is 1.55. The normalized spacial score (nSPS) is 19.6. The second-order valence-electron chi connectivity index (χ2n) is 6.94. The third-order valence-electron chi connectivity index (χ3n) is 5.24. The summed E-state index contributed by atoms with van der Waals surface area (Å²) in [6.45, 7) is 1.61. The third-order valence-corrected chi connectivity index (χ3v) is 5.24. The topological polar surface area (TPSA) is 68.5 Å². The van der Waals surface area contributed by atoms with Crippen molar-refractivity contribution < 1.29 is 27.2 Å². The van der Waals surface area contributed by atoms with Gasteiger partial charge < -0.3 is 14.2 Å². The van der Waals surface area contributed by atoms with Gasteiger partial charge in [0.2, 0.25) is 5.82 Å². The standard InChI is InChI=1S/C18H18F3N3O3/c19-18(20,21)16-22-14(23-27-16)12-3-5-13(6-4-12)15(25)24-9-10-26-11-17(24)7-1-2-8-17/h3-6H,1-2,7-11H2. The molecule has 1 aromatic carbocycles. The molecule has 2 aliphatic rings. The molecule has 2 aromatic rings. The molecule has 0 unspecified atom stereocenters. The van der Waals surface area contributed by atoms with Gasteiger partial charge in [-0.15, -0.1) is 0 Å². The minimum absolute atomic E-state index is 0.0872. The summed E-state index contributed by atoms with van der Waals surface area (Å²) in [6, 6.07) is 6.22. The largest absolute Gasteiger partial charge is 0.471 e. The molecule has 0 N–H and O–H groups in total. The van der Waals surface area contributed by atoms with E-state index in [1.54, 1.807) is 12.1 Å². The zero-order valence-electron chi connectivity index (χ0n) is 14.5. The number of carbonyl (C=O) groups is 1. The number of alkyl halides is 3. The maximum Gasteiger partial charge on any atom is 0.471 e. The molecular formula is C18H18F3N3O3. The molecule has 0 radical (unpaired) electrons. The number of morpholine rings is 1. The molecule has 1 saturated carbocycles. The number of hydrogen-bond acceptors (Lipinski definition) is 5. The van der Waals surface area contributed by atoms with Gasteiger partial charge in [-0.3, -0.25) is 4.79 Å². The first-order valence-corrected chi connectivity index (χ1v) is 8.80. The van der Waals surface area contributed by atoms with Crippen LogP contribution < -0.4 is 0 Å². The van der Waals surface area contributed by atoms with Crippen LogP contribution in [0.5, 0.6) is 0 Å². The summed E-state index contributed by atoms with van der Waals surface area (Å²) in [5.41, 5.74) is 0.596. The van der Waals surface area contributed by atoms with Crippen LogP contribution in [0.4, 0.5) is 13.2 Å². The molecule has 2 heterocycles. The van der Waals surface area contributed by atoms with Gasteiger partial charge >= 0.3 is 12.1 Å². The minimum atomic E-state index is -4.69. The summed E-state index contributed by atoms with van der Waals surface area (Å²) in [4.78, 5) is 18.3. The molecule has 9 heteroatoms. The predicted molar refractivity (Wildman–Crippen MR) is 87.8 cm³/mol. The maximum atomic E-state index is 13.0. The van der Waals surface area contributed by atoms with Crippen LogP contribution in [0.2, 0.25) is 0 Å². The number of aromatic nitrogens is 2.